The predicted molar refractivity (Wildman–Crippen MR) is 74.8 cm³/mol. The van der Waals surface area contributed by atoms with Crippen LogP contribution < -0.4 is 5.32 Å². The van der Waals surface area contributed by atoms with E-state index in [0.29, 0.717) is 0 Å². The summed E-state index contributed by atoms with van der Waals surface area (Å²) in [6.07, 6.45) is 3.51. The van der Waals surface area contributed by atoms with E-state index in [9.17, 15) is 0 Å². The van der Waals surface area contributed by atoms with Crippen LogP contribution in [0.2, 0.25) is 0 Å². The third kappa shape index (κ3) is 2.14. The zero-order chi connectivity index (χ0) is 13.2. The standard InChI is InChI=1S/C14H15N5/c1-10(14-18-16-9-19(14)2)17-13-12-6-4-3-5-11(12)7-8-15-13/h3-10H,1-2H3,(H,15,17). The molecule has 1 atom stereocenters. The Hall–Kier alpha value is -2.43. The summed E-state index contributed by atoms with van der Waals surface area (Å²) < 4.78 is 1.91. The summed E-state index contributed by atoms with van der Waals surface area (Å²) >= 11 is 0. The van der Waals surface area contributed by atoms with Gasteiger partial charge in [-0.1, -0.05) is 24.3 Å². The van der Waals surface area contributed by atoms with E-state index in [1.165, 1.54) is 5.39 Å². The van der Waals surface area contributed by atoms with Gasteiger partial charge in [-0.05, 0) is 18.4 Å². The normalized spacial score (nSPS) is 12.5. The van der Waals surface area contributed by atoms with Gasteiger partial charge in [0.05, 0.1) is 6.04 Å². The number of aryl methyl sites for hydroxylation is 1. The minimum absolute atomic E-state index is 0.0470. The molecule has 0 radical (unpaired) electrons. The van der Waals surface area contributed by atoms with Gasteiger partial charge >= 0.3 is 0 Å². The third-order valence-electron chi connectivity index (χ3n) is 3.16. The minimum Gasteiger partial charge on any atom is -0.360 e. The van der Waals surface area contributed by atoms with E-state index in [4.69, 9.17) is 0 Å². The van der Waals surface area contributed by atoms with E-state index in [1.54, 1.807) is 6.33 Å². The summed E-state index contributed by atoms with van der Waals surface area (Å²) in [5.41, 5.74) is 0. The van der Waals surface area contributed by atoms with Crippen molar-refractivity contribution in [2.24, 2.45) is 7.05 Å². The molecule has 0 amide bonds. The van der Waals surface area contributed by atoms with Crippen LogP contribution in [0.4, 0.5) is 5.82 Å². The van der Waals surface area contributed by atoms with Crippen LogP contribution in [0.15, 0.2) is 42.9 Å². The summed E-state index contributed by atoms with van der Waals surface area (Å²) in [6, 6.07) is 10.2. The number of benzene rings is 1. The van der Waals surface area contributed by atoms with Crippen molar-refractivity contribution in [2.45, 2.75) is 13.0 Å². The predicted octanol–water partition coefficient (Wildman–Crippen LogP) is 2.54. The third-order valence-corrected chi connectivity index (χ3v) is 3.16. The maximum atomic E-state index is 4.42. The molecule has 0 bridgehead atoms. The number of nitrogens with zero attached hydrogens (tertiary/aromatic N) is 4. The Morgan fingerprint density at radius 3 is 2.84 bits per heavy atom. The second kappa shape index (κ2) is 4.68. The molecule has 3 aromatic rings. The topological polar surface area (TPSA) is 55.6 Å². The summed E-state index contributed by atoms with van der Waals surface area (Å²) in [5.74, 6) is 1.75. The van der Waals surface area contributed by atoms with Crippen LogP contribution in [0.3, 0.4) is 0 Å². The van der Waals surface area contributed by atoms with Crippen molar-refractivity contribution in [1.29, 1.82) is 0 Å². The van der Waals surface area contributed by atoms with Gasteiger partial charge in [0.25, 0.3) is 0 Å². The van der Waals surface area contributed by atoms with Crippen LogP contribution in [0.25, 0.3) is 10.8 Å². The second-order valence-corrected chi connectivity index (χ2v) is 4.55. The van der Waals surface area contributed by atoms with Gasteiger partial charge in [-0.15, -0.1) is 10.2 Å². The maximum absolute atomic E-state index is 4.42. The van der Waals surface area contributed by atoms with Gasteiger partial charge in [0, 0.05) is 18.6 Å². The van der Waals surface area contributed by atoms with Crippen molar-refractivity contribution in [3.05, 3.63) is 48.7 Å². The molecule has 0 saturated carbocycles. The fraction of sp³-hybridized carbons (Fsp3) is 0.214. The molecule has 0 aliphatic heterocycles. The zero-order valence-electron chi connectivity index (χ0n) is 10.9. The Morgan fingerprint density at radius 2 is 2.05 bits per heavy atom. The average molecular weight is 253 g/mol. The number of fused-ring (bicyclic) bond motifs is 1. The van der Waals surface area contributed by atoms with Crippen LogP contribution in [0.1, 0.15) is 18.8 Å². The van der Waals surface area contributed by atoms with Gasteiger partial charge in [0.1, 0.15) is 12.1 Å². The van der Waals surface area contributed by atoms with E-state index >= 15 is 0 Å². The molecule has 2 aromatic heterocycles. The van der Waals surface area contributed by atoms with E-state index in [-0.39, 0.29) is 6.04 Å². The van der Waals surface area contributed by atoms with E-state index in [0.717, 1.165) is 17.0 Å². The summed E-state index contributed by atoms with van der Waals surface area (Å²) in [4.78, 5) is 4.42. The van der Waals surface area contributed by atoms with Gasteiger partial charge in [0.2, 0.25) is 0 Å². The van der Waals surface area contributed by atoms with Crippen LogP contribution in [-0.4, -0.2) is 19.7 Å². The van der Waals surface area contributed by atoms with Crippen molar-refractivity contribution in [1.82, 2.24) is 19.7 Å². The maximum Gasteiger partial charge on any atom is 0.154 e. The number of anilines is 1. The second-order valence-electron chi connectivity index (χ2n) is 4.55. The molecule has 5 nitrogen and oxygen atoms in total. The lowest BCUT2D eigenvalue weighted by atomic mass is 10.1. The first-order valence-electron chi connectivity index (χ1n) is 6.20. The number of aromatic nitrogens is 4. The fourth-order valence-electron chi connectivity index (χ4n) is 2.19. The first-order valence-corrected chi connectivity index (χ1v) is 6.20. The molecule has 19 heavy (non-hydrogen) atoms. The van der Waals surface area contributed by atoms with Crippen LogP contribution in [0.5, 0.6) is 0 Å². The van der Waals surface area contributed by atoms with E-state index in [2.05, 4.69) is 32.6 Å². The quantitative estimate of drug-likeness (QED) is 0.779. The van der Waals surface area contributed by atoms with Crippen molar-refractivity contribution >= 4 is 16.6 Å². The Balaban J connectivity index is 1.96. The summed E-state index contributed by atoms with van der Waals surface area (Å²) in [7, 11) is 1.93. The first-order chi connectivity index (χ1) is 9.25. The minimum atomic E-state index is 0.0470. The number of rotatable bonds is 3. The van der Waals surface area contributed by atoms with Gasteiger partial charge in [0.15, 0.2) is 5.82 Å². The molecule has 0 spiro atoms. The molecule has 0 aliphatic rings. The van der Waals surface area contributed by atoms with Gasteiger partial charge in [-0.25, -0.2) is 4.98 Å². The highest BCUT2D eigenvalue weighted by atomic mass is 15.3. The van der Waals surface area contributed by atoms with Crippen LogP contribution >= 0.6 is 0 Å². The lowest BCUT2D eigenvalue weighted by Gasteiger charge is -2.15. The molecular formula is C14H15N5. The van der Waals surface area contributed by atoms with Crippen LogP contribution in [-0.2, 0) is 7.05 Å². The molecule has 1 N–H and O–H groups in total. The highest BCUT2D eigenvalue weighted by molar-refractivity contribution is 5.91. The monoisotopic (exact) mass is 253 g/mol. The molecule has 1 aromatic carbocycles. The Morgan fingerprint density at radius 1 is 1.21 bits per heavy atom. The van der Waals surface area contributed by atoms with E-state index < -0.39 is 0 Å². The molecule has 96 valence electrons. The summed E-state index contributed by atoms with van der Waals surface area (Å²) in [6.45, 7) is 2.05. The van der Waals surface area contributed by atoms with Crippen molar-refractivity contribution < 1.29 is 0 Å². The zero-order valence-corrected chi connectivity index (χ0v) is 10.9. The lowest BCUT2D eigenvalue weighted by molar-refractivity contribution is 0.717. The molecular weight excluding hydrogens is 238 g/mol. The largest absolute Gasteiger partial charge is 0.360 e. The van der Waals surface area contributed by atoms with Crippen molar-refractivity contribution in [3.8, 4) is 0 Å². The Kier molecular flexibility index (Phi) is 2.87. The van der Waals surface area contributed by atoms with E-state index in [1.807, 2.05) is 42.9 Å². The lowest BCUT2D eigenvalue weighted by Crippen LogP contribution is -2.13. The smallest absolute Gasteiger partial charge is 0.154 e. The molecule has 0 fully saturated rings. The average Bonchev–Trinajstić information content (AvgIpc) is 2.85. The van der Waals surface area contributed by atoms with Gasteiger partial charge in [-0.3, -0.25) is 0 Å². The Labute approximate surface area is 111 Å². The Bertz CT molecular complexity index is 698. The molecule has 1 unspecified atom stereocenters. The molecule has 2 heterocycles. The number of nitrogens with one attached hydrogen (secondary N) is 1. The van der Waals surface area contributed by atoms with Crippen LogP contribution in [0, 0.1) is 0 Å². The molecule has 0 saturated heterocycles. The molecule has 3 rings (SSSR count). The number of hydrogen-bond donors (Lipinski definition) is 1. The van der Waals surface area contributed by atoms with Crippen molar-refractivity contribution in [2.75, 3.05) is 5.32 Å². The van der Waals surface area contributed by atoms with Gasteiger partial charge < -0.3 is 9.88 Å². The SMILES string of the molecule is CC(Nc1nccc2ccccc12)c1nncn1C. The highest BCUT2D eigenvalue weighted by Crippen LogP contribution is 2.23. The molecule has 5 heteroatoms. The van der Waals surface area contributed by atoms with Gasteiger partial charge in [-0.2, -0.15) is 0 Å². The number of hydrogen-bond acceptors (Lipinski definition) is 4. The fourth-order valence-corrected chi connectivity index (χ4v) is 2.19. The summed E-state index contributed by atoms with van der Waals surface area (Å²) in [5, 5.41) is 13.7. The first kappa shape index (κ1) is 11.6. The van der Waals surface area contributed by atoms with Crippen molar-refractivity contribution in [3.63, 3.8) is 0 Å². The molecule has 0 aliphatic carbocycles. The highest BCUT2D eigenvalue weighted by Gasteiger charge is 2.12. The number of pyridine rings is 1.